The maximum absolute atomic E-state index is 10.6. The van der Waals surface area contributed by atoms with E-state index in [1.165, 1.54) is 0 Å². The molecule has 0 saturated carbocycles. The summed E-state index contributed by atoms with van der Waals surface area (Å²) in [5.74, 6) is -6.01. The van der Waals surface area contributed by atoms with Crippen molar-refractivity contribution in [3.05, 3.63) is 0 Å². The number of nitrogens with one attached hydrogen (secondary N) is 1. The number of aliphatic carboxylic acids is 4. The fourth-order valence-electron chi connectivity index (χ4n) is 1.03. The van der Waals surface area contributed by atoms with E-state index in [2.05, 4.69) is 0 Å². The van der Waals surface area contributed by atoms with Crippen LogP contribution in [-0.4, -0.2) is 56.4 Å². The van der Waals surface area contributed by atoms with Crippen molar-refractivity contribution in [1.82, 2.24) is 5.32 Å². The first kappa shape index (κ1) is 36.3. The fraction of sp³-hybridized carbons (Fsp3) is 0.500. The van der Waals surface area contributed by atoms with Crippen LogP contribution >= 0.6 is 0 Å². The van der Waals surface area contributed by atoms with Gasteiger partial charge in [-0.15, -0.1) is 0 Å². The van der Waals surface area contributed by atoms with Gasteiger partial charge < -0.3 is 26.1 Å². The summed E-state index contributed by atoms with van der Waals surface area (Å²) in [7, 11) is 0. The molecule has 0 heterocycles. The summed E-state index contributed by atoms with van der Waals surface area (Å²) in [5.41, 5.74) is 0. The number of hydrogen-bond donors (Lipinski definition) is 5. The zero-order chi connectivity index (χ0) is 13.6. The maximum atomic E-state index is 10.6. The van der Waals surface area contributed by atoms with Gasteiger partial charge in [-0.05, 0) is 0 Å². The van der Waals surface area contributed by atoms with E-state index in [0.29, 0.717) is 0 Å². The van der Waals surface area contributed by atoms with Crippen LogP contribution in [0.1, 0.15) is 18.5 Å². The van der Waals surface area contributed by atoms with Crippen LogP contribution in [0.5, 0.6) is 0 Å². The Morgan fingerprint density at radius 2 is 0.952 bits per heavy atom. The molecule has 0 radical (unpaired) electrons. The predicted molar refractivity (Wildman–Crippen MR) is 54.9 cm³/mol. The van der Waals surface area contributed by atoms with Gasteiger partial charge in [-0.3, -0.25) is 24.5 Å². The van der Waals surface area contributed by atoms with E-state index in [4.69, 9.17) is 20.4 Å². The quantitative estimate of drug-likeness (QED) is 0.245. The third kappa shape index (κ3) is 20.5. The first-order valence-electron chi connectivity index (χ1n) is 4.39. The number of hydrogen-bond acceptors (Lipinski definition) is 5. The van der Waals surface area contributed by atoms with Crippen molar-refractivity contribution in [2.45, 2.75) is 24.9 Å². The van der Waals surface area contributed by atoms with Gasteiger partial charge in [-0.25, -0.2) is 0 Å². The van der Waals surface area contributed by atoms with E-state index < -0.39 is 48.8 Å². The first-order valence-corrected chi connectivity index (χ1v) is 4.39. The first-order chi connectivity index (χ1) is 7.73. The third-order valence-electron chi connectivity index (χ3n) is 1.76. The molecule has 0 aromatic carbocycles. The van der Waals surface area contributed by atoms with Crippen molar-refractivity contribution in [1.29, 1.82) is 0 Å². The van der Waals surface area contributed by atoms with Crippen LogP contribution in [0.2, 0.25) is 0 Å². The third-order valence-corrected chi connectivity index (χ3v) is 1.76. The van der Waals surface area contributed by atoms with Crippen LogP contribution < -0.4 is 211 Å². The number of carboxylic acids is 4. The smallest absolute Gasteiger partial charge is 1.00 e. The summed E-state index contributed by atoms with van der Waals surface area (Å²) in [6.07, 6.45) is -1.70. The van der Waals surface area contributed by atoms with Crippen molar-refractivity contribution in [2.24, 2.45) is 0 Å². The summed E-state index contributed by atoms with van der Waals surface area (Å²) >= 11 is 0. The molecule has 0 aliphatic heterocycles. The molecular formula is C8H15K4NO8. The predicted octanol–water partition coefficient (Wildman–Crippen LogP) is -13.1. The molecule has 13 heteroatoms. The SMILES string of the molecule is O=C(O)CC(NC(CC(=O)O)C(=O)O)C(=O)O.[H-].[H-].[H-].[H-].[K+].[K+].[K+].[K+]. The van der Waals surface area contributed by atoms with E-state index >= 15 is 0 Å². The molecule has 0 aliphatic rings. The molecule has 5 N–H and O–H groups in total. The van der Waals surface area contributed by atoms with Crippen LogP contribution in [0, 0.1) is 0 Å². The fourth-order valence-corrected chi connectivity index (χ4v) is 1.03. The van der Waals surface area contributed by atoms with Crippen molar-refractivity contribution in [3.63, 3.8) is 0 Å². The summed E-state index contributed by atoms with van der Waals surface area (Å²) < 4.78 is 0. The molecule has 0 aromatic heterocycles. The minimum Gasteiger partial charge on any atom is -1.00 e. The van der Waals surface area contributed by atoms with Crippen molar-refractivity contribution in [3.8, 4) is 0 Å². The number of carboxylic acid groups (broad SMARTS) is 4. The average molecular weight is 410 g/mol. The van der Waals surface area contributed by atoms with Gasteiger partial charge in [-0.1, -0.05) is 0 Å². The Morgan fingerprint density at radius 3 is 1.10 bits per heavy atom. The Labute approximate surface area is 296 Å². The zero-order valence-electron chi connectivity index (χ0n) is 16.5. The Hall–Kier alpha value is 4.39. The number of rotatable bonds is 8. The normalized spacial score (nSPS) is 11.0. The van der Waals surface area contributed by atoms with E-state index in [-0.39, 0.29) is 211 Å². The largest absolute Gasteiger partial charge is 1.00 e. The zero-order valence-corrected chi connectivity index (χ0v) is 25.0. The molecule has 21 heavy (non-hydrogen) atoms. The second kappa shape index (κ2) is 20.7. The van der Waals surface area contributed by atoms with Gasteiger partial charge in [0.15, 0.2) is 0 Å². The van der Waals surface area contributed by atoms with E-state index in [9.17, 15) is 19.2 Å². The summed E-state index contributed by atoms with van der Waals surface area (Å²) in [5, 5.41) is 36.0. The standard InChI is InChI=1S/C8H11NO8.4K.4H/c10-5(11)1-3(7(14)15)9-4(8(16)17)2-6(12)13;;;;;;;;/h3-4,9H,1-2H2,(H,10,11)(H,12,13)(H,14,15)(H,16,17);;;;;;;;/q;4*+1;4*-1. The Morgan fingerprint density at radius 1 is 0.714 bits per heavy atom. The minimum absolute atomic E-state index is 0. The van der Waals surface area contributed by atoms with Crippen LogP contribution in [0.3, 0.4) is 0 Å². The summed E-state index contributed by atoms with van der Waals surface area (Å²) in [6, 6.07) is -3.32. The molecule has 0 bridgehead atoms. The molecule has 0 aliphatic carbocycles. The van der Waals surface area contributed by atoms with Gasteiger partial charge in [0.1, 0.15) is 12.1 Å². The molecule has 0 amide bonds. The van der Waals surface area contributed by atoms with Crippen molar-refractivity contribution < 1.29 is 251 Å². The molecule has 2 unspecified atom stereocenters. The molecule has 0 saturated heterocycles. The minimum atomic E-state index is -1.66. The molecular weight excluding hydrogens is 394 g/mol. The van der Waals surface area contributed by atoms with Crippen molar-refractivity contribution >= 4 is 23.9 Å². The summed E-state index contributed by atoms with van der Waals surface area (Å²) in [4.78, 5) is 41.9. The monoisotopic (exact) mass is 409 g/mol. The molecule has 0 fully saturated rings. The van der Waals surface area contributed by atoms with E-state index in [0.717, 1.165) is 0 Å². The molecule has 104 valence electrons. The van der Waals surface area contributed by atoms with Crippen molar-refractivity contribution in [2.75, 3.05) is 0 Å². The Kier molecular flexibility index (Phi) is 35.8. The second-order valence-corrected chi connectivity index (χ2v) is 3.14. The van der Waals surface area contributed by atoms with Gasteiger partial charge in [0.2, 0.25) is 0 Å². The summed E-state index contributed by atoms with van der Waals surface area (Å²) in [6.45, 7) is 0. The topological polar surface area (TPSA) is 161 Å². The molecule has 0 spiro atoms. The van der Waals surface area contributed by atoms with Crippen LogP contribution in [0.25, 0.3) is 0 Å². The maximum Gasteiger partial charge on any atom is 1.00 e. The van der Waals surface area contributed by atoms with E-state index in [1.807, 2.05) is 5.32 Å². The Balaban J connectivity index is -0.0000000457. The van der Waals surface area contributed by atoms with Crippen LogP contribution in [0.4, 0.5) is 0 Å². The van der Waals surface area contributed by atoms with Gasteiger partial charge >= 0.3 is 229 Å². The molecule has 0 aromatic rings. The van der Waals surface area contributed by atoms with Gasteiger partial charge in [0.25, 0.3) is 0 Å². The van der Waals surface area contributed by atoms with Gasteiger partial charge in [0, 0.05) is 0 Å². The second-order valence-electron chi connectivity index (χ2n) is 3.14. The van der Waals surface area contributed by atoms with Gasteiger partial charge in [0.05, 0.1) is 12.8 Å². The molecule has 2 atom stereocenters. The molecule has 9 nitrogen and oxygen atoms in total. The Bertz CT molecular complexity index is 337. The van der Waals surface area contributed by atoms with Crippen LogP contribution in [-0.2, 0) is 19.2 Å². The van der Waals surface area contributed by atoms with E-state index in [1.54, 1.807) is 0 Å². The average Bonchev–Trinajstić information content (AvgIpc) is 2.13. The van der Waals surface area contributed by atoms with Crippen LogP contribution in [0.15, 0.2) is 0 Å². The number of carbonyl (C=O) groups is 4. The molecule has 0 rings (SSSR count). The van der Waals surface area contributed by atoms with Gasteiger partial charge in [-0.2, -0.15) is 0 Å².